The molecule has 1 aliphatic rings. The summed E-state index contributed by atoms with van der Waals surface area (Å²) in [7, 11) is 0. The van der Waals surface area contributed by atoms with Crippen molar-refractivity contribution in [1.29, 1.82) is 0 Å². The number of hydrogen-bond donors (Lipinski definition) is 1. The topological polar surface area (TPSA) is 88.9 Å². The fraction of sp³-hybridized carbons (Fsp3) is 0.545. The quantitative estimate of drug-likeness (QED) is 0.696. The number of fused-ring (bicyclic) bond motifs is 1. The summed E-state index contributed by atoms with van der Waals surface area (Å²) in [4.78, 5) is 18.6. The zero-order valence-electron chi connectivity index (χ0n) is 18.4. The highest BCUT2D eigenvalue weighted by Gasteiger charge is 2.34. The van der Waals surface area contributed by atoms with E-state index < -0.39 is 0 Å². The zero-order valence-corrected chi connectivity index (χ0v) is 18.4. The van der Waals surface area contributed by atoms with Crippen molar-refractivity contribution in [2.24, 2.45) is 0 Å². The molecule has 0 bridgehead atoms. The monoisotopic (exact) mass is 410 g/mol. The number of nitrogens with one attached hydrogen (secondary N) is 1. The van der Waals surface area contributed by atoms with Crippen molar-refractivity contribution in [3.05, 3.63) is 51.1 Å². The smallest absolute Gasteiger partial charge is 0.253 e. The average Bonchev–Trinajstić information content (AvgIpc) is 3.21. The van der Waals surface area contributed by atoms with Crippen molar-refractivity contribution in [3.8, 4) is 0 Å². The molecule has 1 fully saturated rings. The molecule has 3 aromatic rings. The van der Waals surface area contributed by atoms with E-state index in [-0.39, 0.29) is 17.1 Å². The molecule has 1 aliphatic heterocycles. The minimum atomic E-state index is -0.343. The number of tetrazole rings is 1. The summed E-state index contributed by atoms with van der Waals surface area (Å²) in [5.41, 5.74) is 3.49. The second-order valence-corrected chi connectivity index (χ2v) is 8.74. The molecule has 0 spiro atoms. The summed E-state index contributed by atoms with van der Waals surface area (Å²) in [6, 6.07) is 5.81. The Morgan fingerprint density at radius 1 is 1.17 bits per heavy atom. The normalized spacial score (nSPS) is 16.8. The highest BCUT2D eigenvalue weighted by Crippen LogP contribution is 2.31. The summed E-state index contributed by atoms with van der Waals surface area (Å²) >= 11 is 0. The van der Waals surface area contributed by atoms with E-state index in [4.69, 9.17) is 4.74 Å². The van der Waals surface area contributed by atoms with Gasteiger partial charge in [-0.3, -0.25) is 9.69 Å². The number of ether oxygens (including phenoxy) is 1. The van der Waals surface area contributed by atoms with Gasteiger partial charge in [0.05, 0.1) is 18.8 Å². The molecule has 30 heavy (non-hydrogen) atoms. The van der Waals surface area contributed by atoms with Gasteiger partial charge in [-0.1, -0.05) is 6.92 Å². The average molecular weight is 411 g/mol. The van der Waals surface area contributed by atoms with Gasteiger partial charge in [-0.15, -0.1) is 5.10 Å². The number of aryl methyl sites for hydroxylation is 2. The number of nitrogens with zero attached hydrogens (tertiary/aromatic N) is 5. The Morgan fingerprint density at radius 2 is 1.87 bits per heavy atom. The van der Waals surface area contributed by atoms with Crippen LogP contribution in [0.25, 0.3) is 10.9 Å². The lowest BCUT2D eigenvalue weighted by Crippen LogP contribution is -2.43. The molecule has 0 radical (unpaired) electrons. The molecule has 8 heteroatoms. The SMILES string of the molecule is CCC(C)(C)n1nnnc1[C@@H](c1cc2cc(C)c(C)cc2[nH]c1=O)N1CCOCC1. The molecule has 4 rings (SSSR count). The summed E-state index contributed by atoms with van der Waals surface area (Å²) in [6.45, 7) is 13.2. The van der Waals surface area contributed by atoms with Crippen molar-refractivity contribution >= 4 is 10.9 Å². The maximum absolute atomic E-state index is 13.2. The third-order valence-corrected chi connectivity index (χ3v) is 6.37. The van der Waals surface area contributed by atoms with Crippen molar-refractivity contribution < 1.29 is 4.74 Å². The van der Waals surface area contributed by atoms with E-state index >= 15 is 0 Å². The zero-order chi connectivity index (χ0) is 21.5. The molecule has 8 nitrogen and oxygen atoms in total. The summed E-state index contributed by atoms with van der Waals surface area (Å²) in [5, 5.41) is 13.7. The van der Waals surface area contributed by atoms with E-state index in [1.807, 2.05) is 16.8 Å². The van der Waals surface area contributed by atoms with Crippen LogP contribution < -0.4 is 5.56 Å². The van der Waals surface area contributed by atoms with Gasteiger partial charge in [-0.25, -0.2) is 4.68 Å². The summed E-state index contributed by atoms with van der Waals surface area (Å²) in [6.07, 6.45) is 0.868. The molecule has 0 aliphatic carbocycles. The van der Waals surface area contributed by atoms with Gasteiger partial charge >= 0.3 is 0 Å². The maximum Gasteiger partial charge on any atom is 0.253 e. The van der Waals surface area contributed by atoms with Crippen LogP contribution in [0.1, 0.15) is 55.7 Å². The van der Waals surface area contributed by atoms with Crippen molar-refractivity contribution in [2.75, 3.05) is 26.3 Å². The number of aromatic nitrogens is 5. The van der Waals surface area contributed by atoms with Gasteiger partial charge < -0.3 is 9.72 Å². The van der Waals surface area contributed by atoms with Gasteiger partial charge in [-0.2, -0.15) is 0 Å². The highest BCUT2D eigenvalue weighted by atomic mass is 16.5. The molecular formula is C22H30N6O2. The Labute approximate surface area is 176 Å². The van der Waals surface area contributed by atoms with Gasteiger partial charge in [0.15, 0.2) is 5.82 Å². The largest absolute Gasteiger partial charge is 0.379 e. The minimum absolute atomic E-state index is 0.105. The molecule has 2 aromatic heterocycles. The molecule has 160 valence electrons. The molecule has 0 amide bonds. The predicted octanol–water partition coefficient (Wildman–Crippen LogP) is 2.70. The van der Waals surface area contributed by atoms with Crippen LogP contribution in [0.3, 0.4) is 0 Å². The predicted molar refractivity (Wildman–Crippen MR) is 116 cm³/mol. The van der Waals surface area contributed by atoms with E-state index in [1.165, 1.54) is 5.56 Å². The van der Waals surface area contributed by atoms with E-state index in [9.17, 15) is 4.79 Å². The molecule has 0 unspecified atom stereocenters. The molecule has 1 aromatic carbocycles. The van der Waals surface area contributed by atoms with Crippen molar-refractivity contribution in [1.82, 2.24) is 30.1 Å². The lowest BCUT2D eigenvalue weighted by molar-refractivity contribution is 0.0204. The van der Waals surface area contributed by atoms with Crippen LogP contribution in [0, 0.1) is 13.8 Å². The summed E-state index contributed by atoms with van der Waals surface area (Å²) < 4.78 is 7.44. The maximum atomic E-state index is 13.2. The molecule has 3 heterocycles. The fourth-order valence-corrected chi connectivity index (χ4v) is 3.98. The number of pyridine rings is 1. The number of benzene rings is 1. The van der Waals surface area contributed by atoms with Crippen LogP contribution in [0.15, 0.2) is 23.0 Å². The Bertz CT molecular complexity index is 1110. The third kappa shape index (κ3) is 3.65. The number of rotatable bonds is 5. The second kappa shape index (κ2) is 7.92. The lowest BCUT2D eigenvalue weighted by Gasteiger charge is -2.35. The van der Waals surface area contributed by atoms with Gasteiger partial charge in [0.2, 0.25) is 0 Å². The Hall–Kier alpha value is -2.58. The Morgan fingerprint density at radius 3 is 2.57 bits per heavy atom. The van der Waals surface area contributed by atoms with Gasteiger partial charge in [-0.05, 0) is 79.3 Å². The summed E-state index contributed by atoms with van der Waals surface area (Å²) in [5.74, 6) is 0.692. The van der Waals surface area contributed by atoms with Gasteiger partial charge in [0.25, 0.3) is 5.56 Å². The van der Waals surface area contributed by atoms with Crippen molar-refractivity contribution in [2.45, 2.75) is 52.6 Å². The second-order valence-electron chi connectivity index (χ2n) is 8.74. The first kappa shape index (κ1) is 20.7. The number of hydrogen-bond acceptors (Lipinski definition) is 6. The van der Waals surface area contributed by atoms with Crippen LogP contribution in [0.4, 0.5) is 0 Å². The molecule has 1 N–H and O–H groups in total. The third-order valence-electron chi connectivity index (χ3n) is 6.37. The molecule has 0 saturated carbocycles. The van der Waals surface area contributed by atoms with E-state index in [0.29, 0.717) is 37.7 Å². The van der Waals surface area contributed by atoms with Crippen LogP contribution in [0.2, 0.25) is 0 Å². The first-order chi connectivity index (χ1) is 14.3. The molecular weight excluding hydrogens is 380 g/mol. The molecule has 1 saturated heterocycles. The first-order valence-electron chi connectivity index (χ1n) is 10.6. The van der Waals surface area contributed by atoms with Gasteiger partial charge in [0, 0.05) is 24.2 Å². The standard InChI is InChI=1S/C22H30N6O2/c1-6-22(4,5)28-20(24-25-26-28)19(27-7-9-30-10-8-27)17-13-16-11-14(2)15(3)12-18(16)23-21(17)29/h11-13,19H,6-10H2,1-5H3,(H,23,29)/t19-/m1/s1. The molecule has 1 atom stereocenters. The number of H-pyrrole nitrogens is 1. The highest BCUT2D eigenvalue weighted by molar-refractivity contribution is 5.81. The Kier molecular flexibility index (Phi) is 5.46. The van der Waals surface area contributed by atoms with Crippen LogP contribution in [0.5, 0.6) is 0 Å². The number of morpholine rings is 1. The van der Waals surface area contributed by atoms with Gasteiger partial charge in [0.1, 0.15) is 6.04 Å². The van der Waals surface area contributed by atoms with E-state index in [0.717, 1.165) is 22.9 Å². The van der Waals surface area contributed by atoms with E-state index in [1.54, 1.807) is 0 Å². The van der Waals surface area contributed by atoms with Crippen LogP contribution >= 0.6 is 0 Å². The Balaban J connectivity index is 1.92. The van der Waals surface area contributed by atoms with Crippen molar-refractivity contribution in [3.63, 3.8) is 0 Å². The lowest BCUT2D eigenvalue weighted by atomic mass is 9.98. The van der Waals surface area contributed by atoms with Crippen LogP contribution in [-0.4, -0.2) is 56.4 Å². The minimum Gasteiger partial charge on any atom is -0.379 e. The van der Waals surface area contributed by atoms with E-state index in [2.05, 4.69) is 66.1 Å². The fourth-order valence-electron chi connectivity index (χ4n) is 3.98. The first-order valence-corrected chi connectivity index (χ1v) is 10.6. The number of aromatic amines is 1. The van der Waals surface area contributed by atoms with Crippen LogP contribution in [-0.2, 0) is 10.3 Å².